The average Bonchev–Trinajstić information content (AvgIpc) is 3.18. The molecule has 7 nitrogen and oxygen atoms in total. The number of pyridine rings is 1. The van der Waals surface area contributed by atoms with Crippen molar-refractivity contribution in [2.75, 3.05) is 51.0 Å². The molecule has 0 spiro atoms. The van der Waals surface area contributed by atoms with E-state index in [4.69, 9.17) is 37.4 Å². The minimum absolute atomic E-state index is 0.168. The molecular formula is C45H57Cl2N3O4. The van der Waals surface area contributed by atoms with Gasteiger partial charge in [-0.1, -0.05) is 103 Å². The third-order valence-electron chi connectivity index (χ3n) is 8.98. The van der Waals surface area contributed by atoms with Gasteiger partial charge in [-0.25, -0.2) is 4.98 Å². The number of hydrogen-bond acceptors (Lipinski definition) is 7. The van der Waals surface area contributed by atoms with Gasteiger partial charge in [-0.2, -0.15) is 0 Å². The number of hydrogen-bond donors (Lipinski definition) is 0. The van der Waals surface area contributed by atoms with E-state index in [2.05, 4.69) is 82.5 Å². The number of ether oxygens (including phenoxy) is 3. The molecule has 1 fully saturated rings. The van der Waals surface area contributed by atoms with E-state index in [9.17, 15) is 4.79 Å². The minimum atomic E-state index is -0.279. The first-order chi connectivity index (χ1) is 26.5. The maximum atomic E-state index is 12.2. The second kappa shape index (κ2) is 25.9. The summed E-state index contributed by atoms with van der Waals surface area (Å²) in [6, 6.07) is 15.4. The van der Waals surface area contributed by atoms with Crippen LogP contribution >= 0.6 is 23.2 Å². The fourth-order valence-corrected chi connectivity index (χ4v) is 6.32. The lowest BCUT2D eigenvalue weighted by atomic mass is 10.2. The van der Waals surface area contributed by atoms with Gasteiger partial charge in [0, 0.05) is 50.1 Å². The van der Waals surface area contributed by atoms with Crippen LogP contribution in [0.25, 0.3) is 10.9 Å². The molecule has 1 saturated heterocycles. The van der Waals surface area contributed by atoms with E-state index in [1.807, 2.05) is 42.5 Å². The molecule has 2 heterocycles. The normalized spacial score (nSPS) is 14.2. The molecule has 0 radical (unpaired) electrons. The van der Waals surface area contributed by atoms with Crippen molar-refractivity contribution >= 4 is 45.8 Å². The molecule has 0 bridgehead atoms. The van der Waals surface area contributed by atoms with Gasteiger partial charge in [-0.05, 0) is 94.7 Å². The van der Waals surface area contributed by atoms with Gasteiger partial charge < -0.3 is 19.1 Å². The van der Waals surface area contributed by atoms with Gasteiger partial charge in [0.2, 0.25) is 12.7 Å². The summed E-state index contributed by atoms with van der Waals surface area (Å²) in [5.41, 5.74) is 1.78. The topological polar surface area (TPSA) is 64.1 Å². The molecule has 1 aliphatic rings. The smallest absolute Gasteiger partial charge is 0.308 e. The van der Waals surface area contributed by atoms with E-state index in [0.717, 1.165) is 113 Å². The molecule has 4 rings (SSSR count). The van der Waals surface area contributed by atoms with Gasteiger partial charge in [0.25, 0.3) is 0 Å². The van der Waals surface area contributed by atoms with Crippen molar-refractivity contribution in [3.63, 3.8) is 0 Å². The van der Waals surface area contributed by atoms with E-state index in [1.165, 1.54) is 6.42 Å². The molecule has 1 aromatic heterocycles. The van der Waals surface area contributed by atoms with Gasteiger partial charge in [-0.3, -0.25) is 9.69 Å². The number of carbonyl (C=O) groups excluding carboxylic acids is 1. The van der Waals surface area contributed by atoms with E-state index < -0.39 is 0 Å². The van der Waals surface area contributed by atoms with E-state index in [-0.39, 0.29) is 12.8 Å². The molecule has 54 heavy (non-hydrogen) atoms. The molecule has 0 saturated carbocycles. The summed E-state index contributed by atoms with van der Waals surface area (Å²) in [7, 11) is 0. The molecule has 0 atom stereocenters. The standard InChI is InChI=1S/C45H57Cl2N3O4/c1-2-3-4-5-6-7-8-9-10-11-12-13-14-15-16-17-18-19-25-44(51)54-37-53-43-29-27-38-26-28-39(36-41(38)48-43)52-35-21-20-30-49-31-33-50(34-32-49)42-24-22-23-40(46)45(42)47/h4-5,7-8,10-11,13-14,16-17,22-24,26-29,36H,2-3,6,9,12,15,18-21,25,30-35,37H2,1H3/b5-4-,8-7-,11-10-,14-13-,17-16-. The van der Waals surface area contributed by atoms with Gasteiger partial charge in [0.15, 0.2) is 0 Å². The monoisotopic (exact) mass is 773 g/mol. The van der Waals surface area contributed by atoms with Crippen LogP contribution in [0, 0.1) is 0 Å². The van der Waals surface area contributed by atoms with Crippen LogP contribution in [0.2, 0.25) is 10.0 Å². The van der Waals surface area contributed by atoms with Gasteiger partial charge in [0.1, 0.15) is 5.75 Å². The number of aromatic nitrogens is 1. The summed E-state index contributed by atoms with van der Waals surface area (Å²) in [6.07, 6.45) is 32.1. The summed E-state index contributed by atoms with van der Waals surface area (Å²) < 4.78 is 17.0. The molecule has 9 heteroatoms. The average molecular weight is 775 g/mol. The van der Waals surface area contributed by atoms with Crippen molar-refractivity contribution in [1.82, 2.24) is 9.88 Å². The molecule has 3 aromatic rings. The lowest BCUT2D eigenvalue weighted by Gasteiger charge is -2.36. The maximum absolute atomic E-state index is 12.2. The Kier molecular flexibility index (Phi) is 20.5. The summed E-state index contributed by atoms with van der Waals surface area (Å²) in [4.78, 5) is 21.6. The first-order valence-corrected chi connectivity index (χ1v) is 20.3. The number of allylic oxidation sites excluding steroid dienone is 10. The predicted octanol–water partition coefficient (Wildman–Crippen LogP) is 11.7. The van der Waals surface area contributed by atoms with Crippen LogP contribution in [0.5, 0.6) is 11.6 Å². The number of piperazine rings is 1. The Labute approximate surface area is 333 Å². The lowest BCUT2D eigenvalue weighted by Crippen LogP contribution is -2.46. The number of nitrogens with zero attached hydrogens (tertiary/aromatic N) is 3. The molecule has 1 aliphatic heterocycles. The van der Waals surface area contributed by atoms with Crippen LogP contribution in [0.4, 0.5) is 5.69 Å². The molecular weight excluding hydrogens is 717 g/mol. The molecule has 0 unspecified atom stereocenters. The van der Waals surface area contributed by atoms with Crippen LogP contribution in [0.1, 0.15) is 77.6 Å². The SMILES string of the molecule is CCC/C=C\C/C=C\C/C=C\C/C=C\C/C=C\CCCC(=O)OCOc1ccc2ccc(OCCCCN3CCN(c4cccc(Cl)c4Cl)CC3)cc2n1. The first-order valence-electron chi connectivity index (χ1n) is 19.5. The van der Waals surface area contributed by atoms with Gasteiger partial charge in [-0.15, -0.1) is 0 Å². The summed E-state index contributed by atoms with van der Waals surface area (Å²) in [5, 5.41) is 2.21. The second-order valence-electron chi connectivity index (χ2n) is 13.2. The number of fused-ring (bicyclic) bond motifs is 1. The van der Waals surface area contributed by atoms with Crippen LogP contribution in [-0.4, -0.2) is 62.0 Å². The van der Waals surface area contributed by atoms with Gasteiger partial charge in [0.05, 0.1) is 27.9 Å². The van der Waals surface area contributed by atoms with Crippen LogP contribution < -0.4 is 14.4 Å². The number of anilines is 1. The van der Waals surface area contributed by atoms with Crippen molar-refractivity contribution < 1.29 is 19.0 Å². The molecule has 290 valence electrons. The largest absolute Gasteiger partial charge is 0.494 e. The molecule has 0 amide bonds. The zero-order valence-corrected chi connectivity index (χ0v) is 33.4. The highest BCUT2D eigenvalue weighted by atomic mass is 35.5. The predicted molar refractivity (Wildman–Crippen MR) is 226 cm³/mol. The Morgan fingerprint density at radius 2 is 1.43 bits per heavy atom. The zero-order chi connectivity index (χ0) is 38.1. The highest BCUT2D eigenvalue weighted by Gasteiger charge is 2.19. The number of unbranched alkanes of at least 4 members (excludes halogenated alkanes) is 3. The Morgan fingerprint density at radius 3 is 2.13 bits per heavy atom. The highest BCUT2D eigenvalue weighted by molar-refractivity contribution is 6.43. The number of esters is 1. The van der Waals surface area contributed by atoms with Crippen molar-refractivity contribution in [3.05, 3.63) is 119 Å². The zero-order valence-electron chi connectivity index (χ0n) is 31.9. The Hall–Kier alpha value is -4.04. The van der Waals surface area contributed by atoms with Gasteiger partial charge >= 0.3 is 5.97 Å². The maximum Gasteiger partial charge on any atom is 0.308 e. The van der Waals surface area contributed by atoms with Crippen molar-refractivity contribution in [1.29, 1.82) is 0 Å². The van der Waals surface area contributed by atoms with Crippen molar-refractivity contribution in [3.8, 4) is 11.6 Å². The summed E-state index contributed by atoms with van der Waals surface area (Å²) >= 11 is 12.6. The number of carbonyl (C=O) groups is 1. The van der Waals surface area contributed by atoms with Crippen LogP contribution in [0.15, 0.2) is 109 Å². The number of halogens is 2. The molecule has 0 N–H and O–H groups in total. The number of rotatable bonds is 24. The first kappa shape index (κ1) is 42.7. The Bertz CT molecular complexity index is 1700. The Balaban J connectivity index is 1.02. The third-order valence-corrected chi connectivity index (χ3v) is 9.78. The van der Waals surface area contributed by atoms with E-state index >= 15 is 0 Å². The summed E-state index contributed by atoms with van der Waals surface area (Å²) in [6.45, 7) is 7.56. The van der Waals surface area contributed by atoms with Crippen LogP contribution in [-0.2, 0) is 9.53 Å². The van der Waals surface area contributed by atoms with E-state index in [0.29, 0.717) is 29.0 Å². The fraction of sp³-hybridized carbons (Fsp3) is 0.422. The quantitative estimate of drug-likeness (QED) is 0.0389. The molecule has 0 aliphatic carbocycles. The number of benzene rings is 2. The van der Waals surface area contributed by atoms with Crippen molar-refractivity contribution in [2.24, 2.45) is 0 Å². The summed E-state index contributed by atoms with van der Waals surface area (Å²) in [5.74, 6) is 0.895. The molecule has 2 aromatic carbocycles. The second-order valence-corrected chi connectivity index (χ2v) is 14.0. The highest BCUT2D eigenvalue weighted by Crippen LogP contribution is 2.33. The third kappa shape index (κ3) is 16.5. The minimum Gasteiger partial charge on any atom is -0.494 e. The fourth-order valence-electron chi connectivity index (χ4n) is 5.90. The van der Waals surface area contributed by atoms with Crippen molar-refractivity contribution in [2.45, 2.75) is 77.6 Å². The lowest BCUT2D eigenvalue weighted by molar-refractivity contribution is -0.150. The Morgan fingerprint density at radius 1 is 0.759 bits per heavy atom. The van der Waals surface area contributed by atoms with E-state index in [1.54, 1.807) is 6.07 Å². The van der Waals surface area contributed by atoms with Crippen LogP contribution in [0.3, 0.4) is 0 Å².